The summed E-state index contributed by atoms with van der Waals surface area (Å²) in [4.78, 5) is 11.2. The summed E-state index contributed by atoms with van der Waals surface area (Å²) in [6, 6.07) is 0. The minimum absolute atomic E-state index is 0.0505. The first-order valence-corrected chi connectivity index (χ1v) is 7.31. The van der Waals surface area contributed by atoms with Crippen molar-refractivity contribution in [3.05, 3.63) is 0 Å². The minimum Gasteiger partial charge on any atom is -0.392 e. The van der Waals surface area contributed by atoms with E-state index >= 15 is 0 Å². The molecule has 0 atom stereocenters. The second kappa shape index (κ2) is 7.57. The molecule has 0 heterocycles. The molecule has 0 aromatic heterocycles. The van der Waals surface area contributed by atoms with Crippen LogP contribution in [-0.2, 0) is 14.8 Å². The second-order valence-corrected chi connectivity index (χ2v) is 6.40. The Labute approximate surface area is 107 Å². The standard InChI is InChI=1S/C9H19N3O3S2/c1-7(2)5-11-9(13)3-4-12-17(14,15)6-8(10)16/h7,12H,3-6H2,1-2H3,(H2,10,16)(H,11,13). The van der Waals surface area contributed by atoms with Crippen LogP contribution in [0.3, 0.4) is 0 Å². The van der Waals surface area contributed by atoms with Crippen LogP contribution in [0.2, 0.25) is 0 Å². The Morgan fingerprint density at radius 3 is 2.47 bits per heavy atom. The first-order valence-electron chi connectivity index (χ1n) is 5.25. The predicted octanol–water partition coefficient (Wildman–Crippen LogP) is -0.646. The number of rotatable bonds is 8. The van der Waals surface area contributed by atoms with Crippen LogP contribution in [0.1, 0.15) is 20.3 Å². The van der Waals surface area contributed by atoms with Crippen molar-refractivity contribution in [2.45, 2.75) is 20.3 Å². The maximum atomic E-state index is 11.3. The van der Waals surface area contributed by atoms with Gasteiger partial charge in [0.1, 0.15) is 5.75 Å². The molecule has 0 aliphatic rings. The first-order chi connectivity index (χ1) is 7.73. The summed E-state index contributed by atoms with van der Waals surface area (Å²) in [5.41, 5.74) is 5.12. The van der Waals surface area contributed by atoms with Crippen molar-refractivity contribution in [3.63, 3.8) is 0 Å². The molecule has 100 valence electrons. The van der Waals surface area contributed by atoms with E-state index in [-0.39, 0.29) is 23.9 Å². The number of nitrogens with one attached hydrogen (secondary N) is 2. The monoisotopic (exact) mass is 281 g/mol. The third-order valence-electron chi connectivity index (χ3n) is 1.71. The summed E-state index contributed by atoms with van der Waals surface area (Å²) in [6.45, 7) is 4.59. The van der Waals surface area contributed by atoms with Gasteiger partial charge in [-0.05, 0) is 5.92 Å². The lowest BCUT2D eigenvalue weighted by molar-refractivity contribution is -0.121. The molecule has 0 bridgehead atoms. The maximum Gasteiger partial charge on any atom is 0.221 e. The van der Waals surface area contributed by atoms with Crippen LogP contribution in [0.25, 0.3) is 0 Å². The molecule has 1 amide bonds. The topological polar surface area (TPSA) is 101 Å². The van der Waals surface area contributed by atoms with Gasteiger partial charge in [-0.25, -0.2) is 13.1 Å². The van der Waals surface area contributed by atoms with E-state index in [2.05, 4.69) is 22.3 Å². The summed E-state index contributed by atoms with van der Waals surface area (Å²) in [6.07, 6.45) is 0.100. The second-order valence-electron chi connectivity index (χ2n) is 4.07. The van der Waals surface area contributed by atoms with Gasteiger partial charge in [0, 0.05) is 19.5 Å². The molecule has 4 N–H and O–H groups in total. The van der Waals surface area contributed by atoms with Gasteiger partial charge in [-0.1, -0.05) is 26.1 Å². The molecule has 0 aliphatic carbocycles. The molecule has 0 aromatic rings. The van der Waals surface area contributed by atoms with E-state index in [0.29, 0.717) is 12.5 Å². The van der Waals surface area contributed by atoms with Crippen molar-refractivity contribution in [2.24, 2.45) is 11.7 Å². The molecule has 0 saturated carbocycles. The van der Waals surface area contributed by atoms with E-state index in [9.17, 15) is 13.2 Å². The number of hydrogen-bond acceptors (Lipinski definition) is 4. The molecule has 0 aliphatic heterocycles. The van der Waals surface area contributed by atoms with E-state index in [1.807, 2.05) is 13.8 Å². The highest BCUT2D eigenvalue weighted by Gasteiger charge is 2.11. The minimum atomic E-state index is -3.50. The van der Waals surface area contributed by atoms with Crippen molar-refractivity contribution in [1.29, 1.82) is 0 Å². The molecule has 6 nitrogen and oxygen atoms in total. The van der Waals surface area contributed by atoms with Gasteiger partial charge in [0.25, 0.3) is 0 Å². The highest BCUT2D eigenvalue weighted by Crippen LogP contribution is 1.89. The number of sulfonamides is 1. The number of thiocarbonyl (C=S) groups is 1. The molecule has 0 spiro atoms. The van der Waals surface area contributed by atoms with Gasteiger partial charge in [0.15, 0.2) is 0 Å². The zero-order valence-electron chi connectivity index (χ0n) is 10.0. The first kappa shape index (κ1) is 16.3. The zero-order valence-corrected chi connectivity index (χ0v) is 11.7. The summed E-state index contributed by atoms with van der Waals surface area (Å²) in [5, 5.41) is 2.68. The van der Waals surface area contributed by atoms with Crippen LogP contribution in [0, 0.1) is 5.92 Å². The third-order valence-corrected chi connectivity index (χ3v) is 3.38. The number of carbonyl (C=O) groups excluding carboxylic acids is 1. The van der Waals surface area contributed by atoms with E-state index in [1.54, 1.807) is 0 Å². The summed E-state index contributed by atoms with van der Waals surface area (Å²) < 4.78 is 24.8. The van der Waals surface area contributed by atoms with Gasteiger partial charge in [0.05, 0.1) is 4.99 Å². The van der Waals surface area contributed by atoms with Crippen LogP contribution in [0.15, 0.2) is 0 Å². The Kier molecular flexibility index (Phi) is 7.24. The van der Waals surface area contributed by atoms with Gasteiger partial charge in [-0.2, -0.15) is 0 Å². The molecular weight excluding hydrogens is 262 g/mol. The quantitative estimate of drug-likeness (QED) is 0.513. The van der Waals surface area contributed by atoms with Crippen molar-refractivity contribution < 1.29 is 13.2 Å². The summed E-state index contributed by atoms with van der Waals surface area (Å²) >= 11 is 4.50. The highest BCUT2D eigenvalue weighted by atomic mass is 32.2. The summed E-state index contributed by atoms with van der Waals surface area (Å²) in [5.74, 6) is -0.211. The van der Waals surface area contributed by atoms with Crippen molar-refractivity contribution in [3.8, 4) is 0 Å². The lowest BCUT2D eigenvalue weighted by atomic mass is 10.2. The fraction of sp³-hybridized carbons (Fsp3) is 0.778. The lowest BCUT2D eigenvalue weighted by Crippen LogP contribution is -2.35. The normalized spacial score (nSPS) is 11.5. The van der Waals surface area contributed by atoms with Crippen LogP contribution >= 0.6 is 12.2 Å². The average Bonchev–Trinajstić information content (AvgIpc) is 2.12. The molecule has 0 rings (SSSR count). The van der Waals surface area contributed by atoms with Crippen LogP contribution in [0.4, 0.5) is 0 Å². The Morgan fingerprint density at radius 2 is 2.00 bits per heavy atom. The van der Waals surface area contributed by atoms with Crippen LogP contribution < -0.4 is 15.8 Å². The van der Waals surface area contributed by atoms with E-state index in [0.717, 1.165) is 0 Å². The molecule has 0 fully saturated rings. The SMILES string of the molecule is CC(C)CNC(=O)CCNS(=O)(=O)CC(N)=S. The largest absolute Gasteiger partial charge is 0.392 e. The maximum absolute atomic E-state index is 11.3. The van der Waals surface area contributed by atoms with Gasteiger partial charge in [-0.15, -0.1) is 0 Å². The Morgan fingerprint density at radius 1 is 1.41 bits per heavy atom. The van der Waals surface area contributed by atoms with Crippen LogP contribution in [-0.4, -0.2) is 38.2 Å². The molecule has 8 heteroatoms. The molecule has 0 unspecified atom stereocenters. The number of hydrogen-bond donors (Lipinski definition) is 3. The Hall–Kier alpha value is -0.730. The third kappa shape index (κ3) is 10.2. The number of nitrogens with two attached hydrogens (primary N) is 1. The Balaban J connectivity index is 3.83. The van der Waals surface area contributed by atoms with E-state index < -0.39 is 15.8 Å². The van der Waals surface area contributed by atoms with Crippen LogP contribution in [0.5, 0.6) is 0 Å². The van der Waals surface area contributed by atoms with Gasteiger partial charge < -0.3 is 11.1 Å². The van der Waals surface area contributed by atoms with Crippen molar-refractivity contribution in [1.82, 2.24) is 10.0 Å². The molecular formula is C9H19N3O3S2. The number of amides is 1. The van der Waals surface area contributed by atoms with E-state index in [4.69, 9.17) is 5.73 Å². The van der Waals surface area contributed by atoms with Gasteiger partial charge in [0.2, 0.25) is 15.9 Å². The van der Waals surface area contributed by atoms with Crippen molar-refractivity contribution >= 4 is 33.1 Å². The fourth-order valence-electron chi connectivity index (χ4n) is 0.965. The smallest absolute Gasteiger partial charge is 0.221 e. The lowest BCUT2D eigenvalue weighted by Gasteiger charge is -2.08. The van der Waals surface area contributed by atoms with Gasteiger partial charge in [-0.3, -0.25) is 4.79 Å². The summed E-state index contributed by atoms with van der Waals surface area (Å²) in [7, 11) is -3.50. The molecule has 0 aromatic carbocycles. The van der Waals surface area contributed by atoms with Gasteiger partial charge >= 0.3 is 0 Å². The average molecular weight is 281 g/mol. The number of carbonyl (C=O) groups is 1. The van der Waals surface area contributed by atoms with Crippen molar-refractivity contribution in [2.75, 3.05) is 18.8 Å². The molecule has 17 heavy (non-hydrogen) atoms. The zero-order chi connectivity index (χ0) is 13.5. The fourth-order valence-corrected chi connectivity index (χ4v) is 2.32. The molecule has 0 saturated heterocycles. The van der Waals surface area contributed by atoms with E-state index in [1.165, 1.54) is 0 Å². The Bertz CT molecular complexity index is 366. The highest BCUT2D eigenvalue weighted by molar-refractivity contribution is 7.92. The predicted molar refractivity (Wildman–Crippen MR) is 71.0 cm³/mol. The molecule has 0 radical (unpaired) electrons.